The summed E-state index contributed by atoms with van der Waals surface area (Å²) >= 11 is 0. The summed E-state index contributed by atoms with van der Waals surface area (Å²) in [5.41, 5.74) is 0. The number of aliphatic carboxylic acids is 1. The Hall–Kier alpha value is -1.47. The standard InChI is InChI=1S/C8H13F3N2O3/c1-13(5-8(9,10)11)7(16)12-4-2-3-6(14)15/h2-5H2,1H3,(H,12,16)(H,14,15). The molecule has 0 aromatic carbocycles. The third-order valence-electron chi connectivity index (χ3n) is 1.61. The molecule has 2 amide bonds. The van der Waals surface area contributed by atoms with E-state index in [4.69, 9.17) is 5.11 Å². The van der Waals surface area contributed by atoms with Crippen molar-refractivity contribution >= 4 is 12.0 Å². The lowest BCUT2D eigenvalue weighted by molar-refractivity contribution is -0.138. The second-order valence-electron chi connectivity index (χ2n) is 3.20. The molecule has 0 unspecified atom stereocenters. The second kappa shape index (κ2) is 6.19. The Morgan fingerprint density at radius 2 is 1.94 bits per heavy atom. The molecule has 0 aliphatic carbocycles. The Labute approximate surface area is 90.2 Å². The third kappa shape index (κ3) is 7.89. The van der Waals surface area contributed by atoms with Crippen LogP contribution in [0.15, 0.2) is 0 Å². The number of urea groups is 1. The SMILES string of the molecule is CN(CC(F)(F)F)C(=O)NCCCC(=O)O. The number of carbonyl (C=O) groups excluding carboxylic acids is 1. The second-order valence-corrected chi connectivity index (χ2v) is 3.20. The van der Waals surface area contributed by atoms with Crippen LogP contribution in [0, 0.1) is 0 Å². The number of nitrogens with one attached hydrogen (secondary N) is 1. The Bertz CT molecular complexity index is 255. The van der Waals surface area contributed by atoms with Gasteiger partial charge >= 0.3 is 18.2 Å². The molecule has 0 heterocycles. The number of amides is 2. The van der Waals surface area contributed by atoms with Crippen molar-refractivity contribution in [2.24, 2.45) is 0 Å². The summed E-state index contributed by atoms with van der Waals surface area (Å²) in [6.45, 7) is -1.30. The molecule has 94 valence electrons. The number of carbonyl (C=O) groups is 2. The van der Waals surface area contributed by atoms with Crippen molar-refractivity contribution in [3.05, 3.63) is 0 Å². The van der Waals surface area contributed by atoms with Crippen LogP contribution in [0.2, 0.25) is 0 Å². The number of rotatable bonds is 5. The Kier molecular flexibility index (Phi) is 5.62. The van der Waals surface area contributed by atoms with Gasteiger partial charge in [0.1, 0.15) is 6.54 Å². The van der Waals surface area contributed by atoms with Gasteiger partial charge in [0.25, 0.3) is 0 Å². The lowest BCUT2D eigenvalue weighted by Gasteiger charge is -2.19. The van der Waals surface area contributed by atoms with Crippen LogP contribution < -0.4 is 5.32 Å². The van der Waals surface area contributed by atoms with E-state index in [1.54, 1.807) is 0 Å². The summed E-state index contributed by atoms with van der Waals surface area (Å²) in [4.78, 5) is 21.6. The fourth-order valence-corrected chi connectivity index (χ4v) is 0.911. The monoisotopic (exact) mass is 242 g/mol. The van der Waals surface area contributed by atoms with Crippen molar-refractivity contribution in [3.63, 3.8) is 0 Å². The molecule has 0 atom stereocenters. The van der Waals surface area contributed by atoms with Gasteiger partial charge in [-0.3, -0.25) is 4.79 Å². The normalized spacial score (nSPS) is 11.0. The molecule has 0 fully saturated rings. The van der Waals surface area contributed by atoms with Gasteiger partial charge in [0.15, 0.2) is 0 Å². The van der Waals surface area contributed by atoms with Crippen molar-refractivity contribution in [2.45, 2.75) is 19.0 Å². The molecule has 0 aliphatic heterocycles. The van der Waals surface area contributed by atoms with Crippen LogP contribution in [-0.2, 0) is 4.79 Å². The average Bonchev–Trinajstić information content (AvgIpc) is 2.08. The zero-order valence-electron chi connectivity index (χ0n) is 8.67. The first-order chi connectivity index (χ1) is 7.22. The highest BCUT2D eigenvalue weighted by molar-refractivity contribution is 5.74. The van der Waals surface area contributed by atoms with Crippen LogP contribution in [0.5, 0.6) is 0 Å². The zero-order chi connectivity index (χ0) is 12.8. The van der Waals surface area contributed by atoms with Crippen molar-refractivity contribution in [1.82, 2.24) is 10.2 Å². The highest BCUT2D eigenvalue weighted by Gasteiger charge is 2.30. The molecule has 0 saturated carbocycles. The summed E-state index contributed by atoms with van der Waals surface area (Å²) in [7, 11) is 1.01. The van der Waals surface area contributed by atoms with Crippen LogP contribution >= 0.6 is 0 Å². The maximum absolute atomic E-state index is 11.9. The summed E-state index contributed by atoms with van der Waals surface area (Å²) in [6, 6.07) is -0.872. The quantitative estimate of drug-likeness (QED) is 0.708. The number of halogens is 3. The summed E-state index contributed by atoms with van der Waals surface area (Å²) in [5, 5.41) is 10.5. The largest absolute Gasteiger partial charge is 0.481 e. The average molecular weight is 242 g/mol. The number of carboxylic acids is 1. The smallest absolute Gasteiger partial charge is 0.406 e. The Morgan fingerprint density at radius 3 is 2.38 bits per heavy atom. The Morgan fingerprint density at radius 1 is 1.38 bits per heavy atom. The number of hydrogen-bond donors (Lipinski definition) is 2. The predicted octanol–water partition coefficient (Wildman–Crippen LogP) is 1.05. The molecule has 0 spiro atoms. The molecule has 0 aromatic heterocycles. The van der Waals surface area contributed by atoms with Gasteiger partial charge in [-0.05, 0) is 6.42 Å². The molecule has 0 bridgehead atoms. The third-order valence-corrected chi connectivity index (χ3v) is 1.61. The summed E-state index contributed by atoms with van der Waals surface area (Å²) < 4.78 is 35.6. The summed E-state index contributed by atoms with van der Waals surface area (Å²) in [5.74, 6) is -1.02. The predicted molar refractivity (Wildman–Crippen MR) is 49.0 cm³/mol. The van der Waals surface area contributed by atoms with Gasteiger partial charge in [-0.15, -0.1) is 0 Å². The molecule has 8 heteroatoms. The van der Waals surface area contributed by atoms with E-state index in [1.807, 2.05) is 0 Å². The number of nitrogens with zero attached hydrogens (tertiary/aromatic N) is 1. The van der Waals surface area contributed by atoms with Gasteiger partial charge in [0, 0.05) is 20.0 Å². The Balaban J connectivity index is 3.76. The van der Waals surface area contributed by atoms with E-state index in [0.29, 0.717) is 4.90 Å². The van der Waals surface area contributed by atoms with Gasteiger partial charge in [0.05, 0.1) is 0 Å². The van der Waals surface area contributed by atoms with Crippen LogP contribution in [0.4, 0.5) is 18.0 Å². The fourth-order valence-electron chi connectivity index (χ4n) is 0.911. The van der Waals surface area contributed by atoms with Crippen LogP contribution in [0.1, 0.15) is 12.8 Å². The minimum Gasteiger partial charge on any atom is -0.481 e. The van der Waals surface area contributed by atoms with Crippen LogP contribution in [-0.4, -0.2) is 48.3 Å². The van der Waals surface area contributed by atoms with E-state index < -0.39 is 24.7 Å². The minimum atomic E-state index is -4.44. The lowest BCUT2D eigenvalue weighted by atomic mass is 10.3. The van der Waals surface area contributed by atoms with E-state index in [2.05, 4.69) is 5.32 Å². The van der Waals surface area contributed by atoms with Crippen molar-refractivity contribution in [2.75, 3.05) is 20.1 Å². The van der Waals surface area contributed by atoms with Crippen molar-refractivity contribution < 1.29 is 27.9 Å². The van der Waals surface area contributed by atoms with Crippen molar-refractivity contribution in [3.8, 4) is 0 Å². The number of hydrogen-bond acceptors (Lipinski definition) is 2. The molecule has 0 rings (SSSR count). The topological polar surface area (TPSA) is 69.6 Å². The highest BCUT2D eigenvalue weighted by atomic mass is 19.4. The lowest BCUT2D eigenvalue weighted by Crippen LogP contribution is -2.42. The van der Waals surface area contributed by atoms with E-state index in [1.165, 1.54) is 0 Å². The van der Waals surface area contributed by atoms with E-state index in [-0.39, 0.29) is 19.4 Å². The van der Waals surface area contributed by atoms with Gasteiger partial charge < -0.3 is 15.3 Å². The molecule has 0 radical (unpaired) electrons. The van der Waals surface area contributed by atoms with E-state index in [0.717, 1.165) is 7.05 Å². The molecule has 2 N–H and O–H groups in total. The maximum Gasteiger partial charge on any atom is 0.406 e. The first-order valence-electron chi connectivity index (χ1n) is 4.50. The molecule has 16 heavy (non-hydrogen) atoms. The van der Waals surface area contributed by atoms with E-state index in [9.17, 15) is 22.8 Å². The van der Waals surface area contributed by atoms with Crippen molar-refractivity contribution in [1.29, 1.82) is 0 Å². The zero-order valence-corrected chi connectivity index (χ0v) is 8.67. The highest BCUT2D eigenvalue weighted by Crippen LogP contribution is 2.15. The first kappa shape index (κ1) is 14.5. The minimum absolute atomic E-state index is 0.0351. The molecule has 0 saturated heterocycles. The van der Waals surface area contributed by atoms with Gasteiger partial charge in [-0.2, -0.15) is 13.2 Å². The molecule has 0 aromatic rings. The number of alkyl halides is 3. The molecular weight excluding hydrogens is 229 g/mol. The molecule has 5 nitrogen and oxygen atoms in total. The summed E-state index contributed by atoms with van der Waals surface area (Å²) in [6.07, 6.45) is -4.39. The fraction of sp³-hybridized carbons (Fsp3) is 0.750. The van der Waals surface area contributed by atoms with Gasteiger partial charge in [-0.1, -0.05) is 0 Å². The van der Waals surface area contributed by atoms with Gasteiger partial charge in [-0.25, -0.2) is 4.79 Å². The van der Waals surface area contributed by atoms with E-state index >= 15 is 0 Å². The first-order valence-corrected chi connectivity index (χ1v) is 4.50. The van der Waals surface area contributed by atoms with Gasteiger partial charge in [0.2, 0.25) is 0 Å². The molecular formula is C8H13F3N2O3. The maximum atomic E-state index is 11.9. The number of carboxylic acid groups (broad SMARTS) is 1. The van der Waals surface area contributed by atoms with Crippen LogP contribution in [0.3, 0.4) is 0 Å². The van der Waals surface area contributed by atoms with Crippen LogP contribution in [0.25, 0.3) is 0 Å². The molecule has 0 aliphatic rings.